The Labute approximate surface area is 117 Å². The van der Waals surface area contributed by atoms with E-state index in [9.17, 15) is 9.90 Å². The van der Waals surface area contributed by atoms with Crippen LogP contribution < -0.4 is 0 Å². The normalized spacial score (nSPS) is 18.6. The number of carbonyl (C=O) groups excluding carboxylic acids is 1. The minimum atomic E-state index is -0.127. The Bertz CT molecular complexity index is 272. The predicted molar refractivity (Wildman–Crippen MR) is 76.8 cm³/mol. The molecule has 0 aliphatic heterocycles. The highest BCUT2D eigenvalue weighted by molar-refractivity contribution is 5.68. The van der Waals surface area contributed by atoms with Crippen molar-refractivity contribution in [2.24, 2.45) is 5.41 Å². The van der Waals surface area contributed by atoms with E-state index in [1.165, 1.54) is 39.2 Å². The van der Waals surface area contributed by atoms with Gasteiger partial charge in [-0.25, -0.2) is 0 Å². The molecule has 1 aliphatic rings. The molecule has 0 aromatic heterocycles. The molecule has 0 spiro atoms. The maximum absolute atomic E-state index is 11.0. The van der Waals surface area contributed by atoms with Gasteiger partial charge < -0.3 is 9.84 Å². The Morgan fingerprint density at radius 1 is 1.26 bits per heavy atom. The van der Waals surface area contributed by atoms with Crippen LogP contribution in [0.2, 0.25) is 0 Å². The quantitative estimate of drug-likeness (QED) is 0.415. The van der Waals surface area contributed by atoms with Crippen molar-refractivity contribution in [3.05, 3.63) is 12.2 Å². The number of methoxy groups -OCH3 is 1. The van der Waals surface area contributed by atoms with Crippen molar-refractivity contribution in [1.29, 1.82) is 0 Å². The van der Waals surface area contributed by atoms with Gasteiger partial charge in [0, 0.05) is 13.0 Å². The van der Waals surface area contributed by atoms with Crippen molar-refractivity contribution in [3.63, 3.8) is 0 Å². The minimum absolute atomic E-state index is 0.127. The monoisotopic (exact) mass is 268 g/mol. The van der Waals surface area contributed by atoms with Crippen molar-refractivity contribution in [1.82, 2.24) is 0 Å². The van der Waals surface area contributed by atoms with Crippen molar-refractivity contribution in [2.45, 2.75) is 64.2 Å². The first kappa shape index (κ1) is 16.2. The molecule has 0 heterocycles. The van der Waals surface area contributed by atoms with Gasteiger partial charge in [0.05, 0.1) is 7.11 Å². The summed E-state index contributed by atoms with van der Waals surface area (Å²) in [6.45, 7) is 0.302. The zero-order chi connectivity index (χ0) is 14.0. The molecule has 0 amide bonds. The molecule has 19 heavy (non-hydrogen) atoms. The molecule has 1 saturated carbocycles. The Kier molecular flexibility index (Phi) is 7.80. The SMILES string of the molecule is COC(=O)CCC/C=C\CC1(CCO)CCCCC1. The number of hydrogen-bond acceptors (Lipinski definition) is 3. The smallest absolute Gasteiger partial charge is 0.305 e. The molecule has 1 aliphatic carbocycles. The fourth-order valence-corrected chi connectivity index (χ4v) is 3.01. The number of aliphatic hydroxyl groups is 1. The van der Waals surface area contributed by atoms with Gasteiger partial charge in [0.1, 0.15) is 0 Å². The zero-order valence-electron chi connectivity index (χ0n) is 12.2. The number of esters is 1. The number of allylic oxidation sites excluding steroid dienone is 2. The van der Waals surface area contributed by atoms with E-state index in [1.807, 2.05) is 0 Å². The first-order valence-electron chi connectivity index (χ1n) is 7.55. The van der Waals surface area contributed by atoms with E-state index in [4.69, 9.17) is 0 Å². The van der Waals surface area contributed by atoms with E-state index < -0.39 is 0 Å². The summed E-state index contributed by atoms with van der Waals surface area (Å²) < 4.78 is 4.61. The highest BCUT2D eigenvalue weighted by Gasteiger charge is 2.29. The van der Waals surface area contributed by atoms with Crippen LogP contribution in [0.5, 0.6) is 0 Å². The van der Waals surface area contributed by atoms with Crippen LogP contribution >= 0.6 is 0 Å². The van der Waals surface area contributed by atoms with E-state index in [2.05, 4.69) is 16.9 Å². The lowest BCUT2D eigenvalue weighted by Gasteiger charge is -2.36. The molecule has 0 aromatic rings. The lowest BCUT2D eigenvalue weighted by molar-refractivity contribution is -0.140. The van der Waals surface area contributed by atoms with Gasteiger partial charge in [-0.2, -0.15) is 0 Å². The first-order chi connectivity index (χ1) is 9.22. The van der Waals surface area contributed by atoms with Gasteiger partial charge in [-0.05, 0) is 43.9 Å². The summed E-state index contributed by atoms with van der Waals surface area (Å²) in [4.78, 5) is 11.0. The average Bonchev–Trinajstić information content (AvgIpc) is 2.43. The lowest BCUT2D eigenvalue weighted by Crippen LogP contribution is -2.24. The summed E-state index contributed by atoms with van der Waals surface area (Å²) in [6, 6.07) is 0. The highest BCUT2D eigenvalue weighted by atomic mass is 16.5. The van der Waals surface area contributed by atoms with Gasteiger partial charge >= 0.3 is 5.97 Å². The molecular weight excluding hydrogens is 240 g/mol. The fourth-order valence-electron chi connectivity index (χ4n) is 3.01. The standard InChI is InChI=1S/C16H28O3/c1-19-15(18)9-5-2-3-6-10-16(13-14-17)11-7-4-8-12-16/h3,6,17H,2,4-5,7-14H2,1H3/b6-3-. The molecule has 0 unspecified atom stereocenters. The number of unbranched alkanes of at least 4 members (excludes halogenated alkanes) is 1. The molecule has 1 fully saturated rings. The van der Waals surface area contributed by atoms with Crippen molar-refractivity contribution in [3.8, 4) is 0 Å². The molecule has 0 bridgehead atoms. The second kappa shape index (κ2) is 9.13. The van der Waals surface area contributed by atoms with Crippen LogP contribution in [-0.2, 0) is 9.53 Å². The Hall–Kier alpha value is -0.830. The number of hydrogen-bond donors (Lipinski definition) is 1. The minimum Gasteiger partial charge on any atom is -0.469 e. The van der Waals surface area contributed by atoms with Gasteiger partial charge in [-0.3, -0.25) is 4.79 Å². The van der Waals surface area contributed by atoms with Crippen molar-refractivity contribution < 1.29 is 14.6 Å². The van der Waals surface area contributed by atoms with Gasteiger partial charge in [0.15, 0.2) is 0 Å². The summed E-state index contributed by atoms with van der Waals surface area (Å²) >= 11 is 0. The summed E-state index contributed by atoms with van der Waals surface area (Å²) in [6.07, 6.45) is 15.2. The number of aliphatic hydroxyl groups excluding tert-OH is 1. The molecule has 3 heteroatoms. The van der Waals surface area contributed by atoms with Gasteiger partial charge in [0.2, 0.25) is 0 Å². The van der Waals surface area contributed by atoms with Gasteiger partial charge in [-0.15, -0.1) is 0 Å². The molecule has 0 saturated heterocycles. The summed E-state index contributed by atoms with van der Waals surface area (Å²) in [5, 5.41) is 9.24. The van der Waals surface area contributed by atoms with Crippen LogP contribution in [0.4, 0.5) is 0 Å². The van der Waals surface area contributed by atoms with Crippen LogP contribution in [0.25, 0.3) is 0 Å². The van der Waals surface area contributed by atoms with Gasteiger partial charge in [-0.1, -0.05) is 31.4 Å². The molecular formula is C16H28O3. The van der Waals surface area contributed by atoms with E-state index in [-0.39, 0.29) is 5.97 Å². The van der Waals surface area contributed by atoms with Crippen LogP contribution in [-0.4, -0.2) is 24.8 Å². The van der Waals surface area contributed by atoms with E-state index in [0.717, 1.165) is 25.7 Å². The summed E-state index contributed by atoms with van der Waals surface area (Å²) in [5.74, 6) is -0.127. The average molecular weight is 268 g/mol. The molecule has 0 atom stereocenters. The Balaban J connectivity index is 2.25. The Morgan fingerprint density at radius 3 is 2.63 bits per heavy atom. The molecule has 0 radical (unpaired) electrons. The first-order valence-corrected chi connectivity index (χ1v) is 7.55. The third-order valence-electron chi connectivity index (χ3n) is 4.25. The summed E-state index contributed by atoms with van der Waals surface area (Å²) in [7, 11) is 1.43. The number of carbonyl (C=O) groups is 1. The summed E-state index contributed by atoms with van der Waals surface area (Å²) in [5.41, 5.74) is 0.339. The molecule has 0 aromatic carbocycles. The van der Waals surface area contributed by atoms with Crippen molar-refractivity contribution in [2.75, 3.05) is 13.7 Å². The fraction of sp³-hybridized carbons (Fsp3) is 0.812. The number of ether oxygens (including phenoxy) is 1. The third-order valence-corrected chi connectivity index (χ3v) is 4.25. The third kappa shape index (κ3) is 6.24. The van der Waals surface area contributed by atoms with Crippen LogP contribution in [0, 0.1) is 5.41 Å². The Morgan fingerprint density at radius 2 is 2.00 bits per heavy atom. The van der Waals surface area contributed by atoms with Gasteiger partial charge in [0.25, 0.3) is 0 Å². The molecule has 3 nitrogen and oxygen atoms in total. The zero-order valence-corrected chi connectivity index (χ0v) is 12.2. The van der Waals surface area contributed by atoms with E-state index in [0.29, 0.717) is 18.4 Å². The topological polar surface area (TPSA) is 46.5 Å². The number of rotatable bonds is 8. The van der Waals surface area contributed by atoms with Crippen molar-refractivity contribution >= 4 is 5.97 Å². The van der Waals surface area contributed by atoms with Crippen LogP contribution in [0.15, 0.2) is 12.2 Å². The van der Waals surface area contributed by atoms with E-state index in [1.54, 1.807) is 0 Å². The largest absolute Gasteiger partial charge is 0.469 e. The van der Waals surface area contributed by atoms with E-state index >= 15 is 0 Å². The predicted octanol–water partition coefficient (Wildman–Crippen LogP) is 3.61. The van der Waals surface area contributed by atoms with Crippen LogP contribution in [0.3, 0.4) is 0 Å². The maximum atomic E-state index is 11.0. The second-order valence-electron chi connectivity index (χ2n) is 5.68. The molecule has 110 valence electrons. The van der Waals surface area contributed by atoms with Crippen LogP contribution in [0.1, 0.15) is 64.2 Å². The lowest BCUT2D eigenvalue weighted by atomic mass is 9.70. The highest BCUT2D eigenvalue weighted by Crippen LogP contribution is 2.42. The second-order valence-corrected chi connectivity index (χ2v) is 5.68. The maximum Gasteiger partial charge on any atom is 0.305 e. The molecule has 1 N–H and O–H groups in total. The molecule has 1 rings (SSSR count).